The zero-order valence-electron chi connectivity index (χ0n) is 16.5. The van der Waals surface area contributed by atoms with Crippen LogP contribution >= 0.6 is 11.8 Å². The highest BCUT2D eigenvalue weighted by atomic mass is 32.2. The van der Waals surface area contributed by atoms with Gasteiger partial charge in [0.15, 0.2) is 12.4 Å². The van der Waals surface area contributed by atoms with Crippen LogP contribution in [0.25, 0.3) is 0 Å². The number of hydrogen-bond donors (Lipinski definition) is 2. The van der Waals surface area contributed by atoms with Crippen molar-refractivity contribution in [1.82, 2.24) is 5.16 Å². The van der Waals surface area contributed by atoms with Crippen LogP contribution in [0.3, 0.4) is 0 Å². The van der Waals surface area contributed by atoms with Gasteiger partial charge >= 0.3 is 5.97 Å². The summed E-state index contributed by atoms with van der Waals surface area (Å²) in [5.74, 6) is -0.361. The van der Waals surface area contributed by atoms with Crippen LogP contribution < -0.4 is 10.6 Å². The maximum atomic E-state index is 11.9. The average molecular weight is 420 g/mol. The van der Waals surface area contributed by atoms with Crippen LogP contribution in [0.2, 0.25) is 0 Å². The maximum Gasteiger partial charge on any atom is 0.316 e. The summed E-state index contributed by atoms with van der Waals surface area (Å²) in [6, 6.07) is 9.19. The second kappa shape index (κ2) is 11.9. The molecule has 0 spiro atoms. The molecule has 9 heteroatoms. The third-order valence-corrected chi connectivity index (χ3v) is 4.68. The normalized spacial score (nSPS) is 10.4. The van der Waals surface area contributed by atoms with Crippen LogP contribution in [0.4, 0.5) is 11.5 Å². The van der Waals surface area contributed by atoms with Gasteiger partial charge in [-0.05, 0) is 37.5 Å². The maximum absolute atomic E-state index is 11.9. The Morgan fingerprint density at radius 1 is 1.10 bits per heavy atom. The van der Waals surface area contributed by atoms with Crippen molar-refractivity contribution in [2.45, 2.75) is 33.1 Å². The van der Waals surface area contributed by atoms with Gasteiger partial charge in [-0.25, -0.2) is 0 Å². The zero-order valence-corrected chi connectivity index (χ0v) is 17.3. The Bertz CT molecular complexity index is 820. The number of unbranched alkanes of at least 4 members (excludes halogenated alkanes) is 1. The van der Waals surface area contributed by atoms with Crippen LogP contribution in [-0.4, -0.2) is 41.1 Å². The fraction of sp³-hybridized carbons (Fsp3) is 0.400. The van der Waals surface area contributed by atoms with Gasteiger partial charge in [-0.3, -0.25) is 14.4 Å². The molecule has 2 amide bonds. The Balaban J connectivity index is 1.60. The zero-order chi connectivity index (χ0) is 21.1. The van der Waals surface area contributed by atoms with Crippen LogP contribution in [0, 0.1) is 6.92 Å². The Kier molecular flexibility index (Phi) is 9.23. The van der Waals surface area contributed by atoms with E-state index in [9.17, 15) is 14.4 Å². The number of thioether (sulfide) groups is 1. The van der Waals surface area contributed by atoms with Gasteiger partial charge in [0.05, 0.1) is 11.5 Å². The number of rotatable bonds is 11. The number of benzene rings is 1. The van der Waals surface area contributed by atoms with Crippen molar-refractivity contribution in [3.8, 4) is 0 Å². The Labute approximate surface area is 173 Å². The molecule has 29 heavy (non-hydrogen) atoms. The molecule has 0 saturated heterocycles. The van der Waals surface area contributed by atoms with Crippen LogP contribution in [0.1, 0.15) is 31.1 Å². The molecule has 1 aromatic heterocycles. The minimum absolute atomic E-state index is 0.0370. The van der Waals surface area contributed by atoms with Gasteiger partial charge < -0.3 is 19.9 Å². The molecule has 1 aromatic carbocycles. The highest BCUT2D eigenvalue weighted by Gasteiger charge is 2.11. The molecule has 1 heterocycles. The molecule has 2 aromatic rings. The molecular formula is C20H25N3O5S. The number of nitrogens with one attached hydrogen (secondary N) is 2. The van der Waals surface area contributed by atoms with Crippen molar-refractivity contribution in [1.29, 1.82) is 0 Å². The number of carbonyl (C=O) groups is 3. The van der Waals surface area contributed by atoms with Crippen molar-refractivity contribution >= 4 is 41.1 Å². The van der Waals surface area contributed by atoms with E-state index in [4.69, 9.17) is 9.26 Å². The van der Waals surface area contributed by atoms with Gasteiger partial charge in [0.25, 0.3) is 5.91 Å². The number of aromatic nitrogens is 1. The molecule has 0 saturated carbocycles. The Morgan fingerprint density at radius 3 is 2.52 bits per heavy atom. The monoisotopic (exact) mass is 419 g/mol. The number of amides is 2. The van der Waals surface area contributed by atoms with E-state index >= 15 is 0 Å². The topological polar surface area (TPSA) is 111 Å². The highest BCUT2D eigenvalue weighted by Crippen LogP contribution is 2.12. The molecule has 156 valence electrons. The second-order valence-corrected chi connectivity index (χ2v) is 7.36. The number of ether oxygens (including phenoxy) is 1. The first-order chi connectivity index (χ1) is 14.0. The third kappa shape index (κ3) is 8.82. The summed E-state index contributed by atoms with van der Waals surface area (Å²) < 4.78 is 9.77. The summed E-state index contributed by atoms with van der Waals surface area (Å²) in [5.41, 5.74) is 1.87. The molecule has 2 rings (SSSR count). The smallest absolute Gasteiger partial charge is 0.316 e. The lowest BCUT2D eigenvalue weighted by molar-refractivity contribution is -0.144. The van der Waals surface area contributed by atoms with Gasteiger partial charge in [0.2, 0.25) is 5.91 Å². The van der Waals surface area contributed by atoms with Gasteiger partial charge in [-0.2, -0.15) is 0 Å². The van der Waals surface area contributed by atoms with E-state index < -0.39 is 11.9 Å². The van der Waals surface area contributed by atoms with E-state index in [2.05, 4.69) is 22.7 Å². The summed E-state index contributed by atoms with van der Waals surface area (Å²) in [6.07, 6.45) is 3.27. The number of esters is 1. The van der Waals surface area contributed by atoms with Gasteiger partial charge in [0, 0.05) is 11.8 Å². The minimum Gasteiger partial charge on any atom is -0.455 e. The van der Waals surface area contributed by atoms with E-state index in [1.54, 1.807) is 13.0 Å². The Hall–Kier alpha value is -2.81. The fourth-order valence-corrected chi connectivity index (χ4v) is 2.96. The van der Waals surface area contributed by atoms with Crippen molar-refractivity contribution in [3.05, 3.63) is 41.7 Å². The van der Waals surface area contributed by atoms with E-state index in [0.717, 1.165) is 31.0 Å². The van der Waals surface area contributed by atoms with Gasteiger partial charge in [-0.1, -0.05) is 30.6 Å². The SMILES string of the molecule is CCCCc1ccc(NC(=O)COC(=O)CSCC(=O)Nc2cc(C)on2)cc1. The second-order valence-electron chi connectivity index (χ2n) is 6.37. The predicted octanol–water partition coefficient (Wildman–Crippen LogP) is 3.18. The number of carbonyl (C=O) groups excluding carboxylic acids is 3. The van der Waals surface area contributed by atoms with Crippen LogP contribution in [-0.2, 0) is 25.5 Å². The summed E-state index contributed by atoms with van der Waals surface area (Å²) in [5, 5.41) is 8.88. The van der Waals surface area contributed by atoms with Crippen molar-refractivity contribution in [2.75, 3.05) is 28.7 Å². The van der Waals surface area contributed by atoms with Crippen molar-refractivity contribution in [3.63, 3.8) is 0 Å². The summed E-state index contributed by atoms with van der Waals surface area (Å²) in [4.78, 5) is 35.3. The van der Waals surface area contributed by atoms with E-state index in [1.807, 2.05) is 24.3 Å². The lowest BCUT2D eigenvalue weighted by Gasteiger charge is -2.07. The molecule has 0 aliphatic rings. The molecule has 8 nitrogen and oxygen atoms in total. The molecule has 0 fully saturated rings. The summed E-state index contributed by atoms with van der Waals surface area (Å²) >= 11 is 1.08. The lowest BCUT2D eigenvalue weighted by Crippen LogP contribution is -2.22. The molecule has 0 bridgehead atoms. The van der Waals surface area contributed by atoms with E-state index in [-0.39, 0.29) is 24.0 Å². The molecule has 0 aliphatic carbocycles. The van der Waals surface area contributed by atoms with E-state index in [0.29, 0.717) is 17.3 Å². The summed E-state index contributed by atoms with van der Waals surface area (Å²) in [6.45, 7) is 3.48. The van der Waals surface area contributed by atoms with Crippen LogP contribution in [0.5, 0.6) is 0 Å². The molecule has 2 N–H and O–H groups in total. The highest BCUT2D eigenvalue weighted by molar-refractivity contribution is 8.00. The number of nitrogens with zero attached hydrogens (tertiary/aromatic N) is 1. The first-order valence-corrected chi connectivity index (χ1v) is 10.5. The quantitative estimate of drug-likeness (QED) is 0.538. The first-order valence-electron chi connectivity index (χ1n) is 9.31. The molecule has 0 unspecified atom stereocenters. The number of aryl methyl sites for hydroxylation is 2. The third-order valence-electron chi connectivity index (χ3n) is 3.77. The largest absolute Gasteiger partial charge is 0.455 e. The average Bonchev–Trinajstić information content (AvgIpc) is 3.10. The molecular weight excluding hydrogens is 394 g/mol. The van der Waals surface area contributed by atoms with Crippen LogP contribution in [0.15, 0.2) is 34.9 Å². The van der Waals surface area contributed by atoms with Crippen molar-refractivity contribution < 1.29 is 23.6 Å². The van der Waals surface area contributed by atoms with E-state index in [1.165, 1.54) is 5.56 Å². The molecule has 0 aliphatic heterocycles. The number of hydrogen-bond acceptors (Lipinski definition) is 7. The summed E-state index contributed by atoms with van der Waals surface area (Å²) in [7, 11) is 0. The van der Waals surface area contributed by atoms with Gasteiger partial charge in [-0.15, -0.1) is 11.8 Å². The van der Waals surface area contributed by atoms with Gasteiger partial charge in [0.1, 0.15) is 5.76 Å². The predicted molar refractivity (Wildman–Crippen MR) is 112 cm³/mol. The Morgan fingerprint density at radius 2 is 1.86 bits per heavy atom. The fourth-order valence-electron chi connectivity index (χ4n) is 2.35. The first kappa shape index (κ1) is 22.5. The molecule has 0 atom stereocenters. The standard InChI is InChI=1S/C20H25N3O5S/c1-3-4-5-15-6-8-16(9-7-15)21-18(24)11-27-20(26)13-29-12-19(25)22-17-10-14(2)28-23-17/h6-10H,3-5,11-13H2,1-2H3,(H,21,24)(H,22,23,25). The van der Waals surface area contributed by atoms with Crippen molar-refractivity contribution in [2.24, 2.45) is 0 Å². The minimum atomic E-state index is -0.565. The molecule has 0 radical (unpaired) electrons. The lowest BCUT2D eigenvalue weighted by atomic mass is 10.1. The number of anilines is 2.